The molecule has 0 saturated carbocycles. The normalized spacial score (nSPS) is 10.4. The smallest absolute Gasteiger partial charge is 0.255 e. The van der Waals surface area contributed by atoms with E-state index in [9.17, 15) is 9.59 Å². The fourth-order valence-electron chi connectivity index (χ4n) is 2.82. The Morgan fingerprint density at radius 1 is 1.07 bits per heavy atom. The number of ether oxygens (including phenoxy) is 1. The number of hydrogen-bond acceptors (Lipinski definition) is 5. The summed E-state index contributed by atoms with van der Waals surface area (Å²) < 4.78 is 5.67. The van der Waals surface area contributed by atoms with Gasteiger partial charge in [-0.1, -0.05) is 12.1 Å². The summed E-state index contributed by atoms with van der Waals surface area (Å²) in [5, 5.41) is 4.78. The zero-order valence-electron chi connectivity index (χ0n) is 16.4. The fourth-order valence-corrected chi connectivity index (χ4v) is 3.37. The standard InChI is InChI=1S/C22H23N3O3S/c1-3-25(4-2)22(27)19-7-5-6-8-20(19)24-21(26)16-9-11-18(12-10-16)28-13-17-14-29-15-23-17/h5-12,14-15H,3-4,13H2,1-2H3,(H,24,26). The van der Waals surface area contributed by atoms with E-state index in [0.29, 0.717) is 42.3 Å². The number of carbonyl (C=O) groups is 2. The Morgan fingerprint density at radius 2 is 1.79 bits per heavy atom. The molecule has 3 rings (SSSR count). The molecule has 150 valence electrons. The van der Waals surface area contributed by atoms with E-state index in [-0.39, 0.29) is 11.8 Å². The molecule has 2 aromatic carbocycles. The van der Waals surface area contributed by atoms with Crippen LogP contribution in [0.2, 0.25) is 0 Å². The maximum atomic E-state index is 12.7. The lowest BCUT2D eigenvalue weighted by atomic mass is 10.1. The highest BCUT2D eigenvalue weighted by Crippen LogP contribution is 2.20. The topological polar surface area (TPSA) is 71.5 Å². The number of carbonyl (C=O) groups excluding carboxylic acids is 2. The largest absolute Gasteiger partial charge is 0.487 e. The predicted molar refractivity (Wildman–Crippen MR) is 115 cm³/mol. The SMILES string of the molecule is CCN(CC)C(=O)c1ccccc1NC(=O)c1ccc(OCc2cscn2)cc1. The quantitative estimate of drug-likeness (QED) is 0.596. The summed E-state index contributed by atoms with van der Waals surface area (Å²) in [6.45, 7) is 5.47. The number of thiazole rings is 1. The predicted octanol–water partition coefficient (Wildman–Crippen LogP) is 4.46. The van der Waals surface area contributed by atoms with E-state index in [1.54, 1.807) is 58.9 Å². The molecule has 1 aromatic heterocycles. The van der Waals surface area contributed by atoms with Gasteiger partial charge in [0.2, 0.25) is 0 Å². The van der Waals surface area contributed by atoms with Crippen LogP contribution in [0.3, 0.4) is 0 Å². The lowest BCUT2D eigenvalue weighted by Crippen LogP contribution is -2.31. The second-order valence-corrected chi connectivity index (χ2v) is 6.99. The minimum Gasteiger partial charge on any atom is -0.487 e. The van der Waals surface area contributed by atoms with E-state index >= 15 is 0 Å². The van der Waals surface area contributed by atoms with Crippen molar-refractivity contribution in [2.24, 2.45) is 0 Å². The molecule has 0 spiro atoms. The van der Waals surface area contributed by atoms with E-state index in [4.69, 9.17) is 4.74 Å². The molecule has 0 unspecified atom stereocenters. The molecule has 0 aliphatic heterocycles. The number of nitrogens with one attached hydrogen (secondary N) is 1. The highest BCUT2D eigenvalue weighted by molar-refractivity contribution is 7.07. The van der Waals surface area contributed by atoms with Gasteiger partial charge >= 0.3 is 0 Å². The van der Waals surface area contributed by atoms with E-state index in [0.717, 1.165) is 5.69 Å². The van der Waals surface area contributed by atoms with Crippen LogP contribution in [0.1, 0.15) is 40.3 Å². The van der Waals surface area contributed by atoms with Crippen LogP contribution in [-0.4, -0.2) is 34.8 Å². The summed E-state index contributed by atoms with van der Waals surface area (Å²) in [7, 11) is 0. The second-order valence-electron chi connectivity index (χ2n) is 6.27. The Morgan fingerprint density at radius 3 is 2.45 bits per heavy atom. The molecule has 3 aromatic rings. The van der Waals surface area contributed by atoms with Crippen molar-refractivity contribution in [3.8, 4) is 5.75 Å². The van der Waals surface area contributed by atoms with Crippen LogP contribution in [0.5, 0.6) is 5.75 Å². The maximum absolute atomic E-state index is 12.7. The third-order valence-electron chi connectivity index (χ3n) is 4.44. The van der Waals surface area contributed by atoms with Crippen LogP contribution in [0, 0.1) is 0 Å². The van der Waals surface area contributed by atoms with Crippen molar-refractivity contribution >= 4 is 28.8 Å². The van der Waals surface area contributed by atoms with Gasteiger partial charge in [0.05, 0.1) is 22.5 Å². The molecule has 1 N–H and O–H groups in total. The minimum atomic E-state index is -0.282. The van der Waals surface area contributed by atoms with Crippen molar-refractivity contribution < 1.29 is 14.3 Å². The Kier molecular flexibility index (Phi) is 6.97. The number of anilines is 1. The van der Waals surface area contributed by atoms with Crippen molar-refractivity contribution in [1.82, 2.24) is 9.88 Å². The molecular formula is C22H23N3O3S. The van der Waals surface area contributed by atoms with Gasteiger partial charge in [0.25, 0.3) is 11.8 Å². The third kappa shape index (κ3) is 5.20. The first-order valence-corrected chi connectivity index (χ1v) is 10.4. The number of hydrogen-bond donors (Lipinski definition) is 1. The molecule has 0 radical (unpaired) electrons. The molecular weight excluding hydrogens is 386 g/mol. The zero-order chi connectivity index (χ0) is 20.6. The van der Waals surface area contributed by atoms with Crippen LogP contribution in [0.4, 0.5) is 5.69 Å². The monoisotopic (exact) mass is 409 g/mol. The number of aromatic nitrogens is 1. The summed E-state index contributed by atoms with van der Waals surface area (Å²) in [6.07, 6.45) is 0. The van der Waals surface area contributed by atoms with Crippen LogP contribution < -0.4 is 10.1 Å². The summed E-state index contributed by atoms with van der Waals surface area (Å²) in [5.74, 6) is 0.277. The fraction of sp³-hybridized carbons (Fsp3) is 0.227. The Bertz CT molecular complexity index is 952. The maximum Gasteiger partial charge on any atom is 0.255 e. The van der Waals surface area contributed by atoms with Gasteiger partial charge < -0.3 is 15.0 Å². The Hall–Kier alpha value is -3.19. The first-order valence-electron chi connectivity index (χ1n) is 9.42. The average molecular weight is 410 g/mol. The zero-order valence-corrected chi connectivity index (χ0v) is 17.2. The molecule has 0 fully saturated rings. The van der Waals surface area contributed by atoms with Crippen LogP contribution >= 0.6 is 11.3 Å². The minimum absolute atomic E-state index is 0.100. The number of nitrogens with zero attached hydrogens (tertiary/aromatic N) is 2. The highest BCUT2D eigenvalue weighted by Gasteiger charge is 2.18. The summed E-state index contributed by atoms with van der Waals surface area (Å²) in [6, 6.07) is 13.9. The summed E-state index contributed by atoms with van der Waals surface area (Å²) in [5.41, 5.74) is 4.09. The van der Waals surface area contributed by atoms with Gasteiger partial charge in [-0.25, -0.2) is 4.98 Å². The Balaban J connectivity index is 1.68. The van der Waals surface area contributed by atoms with Crippen LogP contribution in [-0.2, 0) is 6.61 Å². The van der Waals surface area contributed by atoms with Gasteiger partial charge in [0.1, 0.15) is 12.4 Å². The van der Waals surface area contributed by atoms with Crippen LogP contribution in [0.15, 0.2) is 59.4 Å². The molecule has 1 heterocycles. The van der Waals surface area contributed by atoms with Crippen molar-refractivity contribution in [1.29, 1.82) is 0 Å². The summed E-state index contributed by atoms with van der Waals surface area (Å²) >= 11 is 1.52. The molecule has 0 atom stereocenters. The number of amides is 2. The molecule has 0 aliphatic carbocycles. The molecule has 29 heavy (non-hydrogen) atoms. The highest BCUT2D eigenvalue weighted by atomic mass is 32.1. The molecule has 0 saturated heterocycles. The summed E-state index contributed by atoms with van der Waals surface area (Å²) in [4.78, 5) is 31.3. The number of para-hydroxylation sites is 1. The molecule has 6 nitrogen and oxygen atoms in total. The van der Waals surface area contributed by atoms with E-state index < -0.39 is 0 Å². The van der Waals surface area contributed by atoms with Gasteiger partial charge in [0, 0.05) is 24.0 Å². The van der Waals surface area contributed by atoms with Gasteiger partial charge in [-0.2, -0.15) is 0 Å². The van der Waals surface area contributed by atoms with Gasteiger partial charge in [-0.15, -0.1) is 11.3 Å². The molecule has 2 amide bonds. The Labute approximate surface area is 174 Å². The lowest BCUT2D eigenvalue weighted by molar-refractivity contribution is 0.0774. The van der Waals surface area contributed by atoms with E-state index in [1.165, 1.54) is 11.3 Å². The average Bonchev–Trinajstić information content (AvgIpc) is 3.27. The first kappa shape index (κ1) is 20.5. The van der Waals surface area contributed by atoms with Crippen molar-refractivity contribution in [2.75, 3.05) is 18.4 Å². The van der Waals surface area contributed by atoms with Crippen molar-refractivity contribution in [3.63, 3.8) is 0 Å². The van der Waals surface area contributed by atoms with E-state index in [2.05, 4.69) is 10.3 Å². The number of benzene rings is 2. The first-order chi connectivity index (χ1) is 14.1. The molecule has 0 bridgehead atoms. The van der Waals surface area contributed by atoms with Gasteiger partial charge in [-0.05, 0) is 50.2 Å². The number of rotatable bonds is 8. The third-order valence-corrected chi connectivity index (χ3v) is 5.08. The van der Waals surface area contributed by atoms with Crippen LogP contribution in [0.25, 0.3) is 0 Å². The molecule has 0 aliphatic rings. The van der Waals surface area contributed by atoms with Crippen molar-refractivity contribution in [3.05, 3.63) is 76.2 Å². The van der Waals surface area contributed by atoms with E-state index in [1.807, 2.05) is 19.2 Å². The van der Waals surface area contributed by atoms with Crippen molar-refractivity contribution in [2.45, 2.75) is 20.5 Å². The van der Waals surface area contributed by atoms with Gasteiger partial charge in [-0.3, -0.25) is 9.59 Å². The molecule has 7 heteroatoms. The second kappa shape index (κ2) is 9.84. The van der Waals surface area contributed by atoms with Gasteiger partial charge in [0.15, 0.2) is 0 Å². The lowest BCUT2D eigenvalue weighted by Gasteiger charge is -2.20.